The lowest BCUT2D eigenvalue weighted by molar-refractivity contribution is -0.137. The Hall–Kier alpha value is -1.84. The number of halogens is 4. The van der Waals surface area contributed by atoms with E-state index in [4.69, 9.17) is 0 Å². The highest BCUT2D eigenvalue weighted by Crippen LogP contribution is 2.29. The Kier molecular flexibility index (Phi) is 3.60. The molecular formula is C15H12F4. The fourth-order valence-electron chi connectivity index (χ4n) is 1.86. The van der Waals surface area contributed by atoms with Gasteiger partial charge in [-0.05, 0) is 48.2 Å². The fourth-order valence-corrected chi connectivity index (χ4v) is 1.86. The fraction of sp³-hybridized carbons (Fsp3) is 0.200. The summed E-state index contributed by atoms with van der Waals surface area (Å²) in [6, 6.07) is 9.72. The number of hydrogen-bond acceptors (Lipinski definition) is 0. The monoisotopic (exact) mass is 268 g/mol. The third-order valence-electron chi connectivity index (χ3n) is 2.91. The first-order valence-electron chi connectivity index (χ1n) is 5.77. The summed E-state index contributed by atoms with van der Waals surface area (Å²) >= 11 is 0. The van der Waals surface area contributed by atoms with Gasteiger partial charge in [0.2, 0.25) is 0 Å². The van der Waals surface area contributed by atoms with Crippen molar-refractivity contribution in [2.45, 2.75) is 19.5 Å². The van der Waals surface area contributed by atoms with Crippen LogP contribution in [0, 0.1) is 12.7 Å². The van der Waals surface area contributed by atoms with Crippen LogP contribution in [0.5, 0.6) is 0 Å². The van der Waals surface area contributed by atoms with Crippen LogP contribution >= 0.6 is 0 Å². The first-order chi connectivity index (χ1) is 8.86. The minimum atomic E-state index is -4.31. The van der Waals surface area contributed by atoms with Crippen LogP contribution in [0.2, 0.25) is 0 Å². The number of alkyl halides is 3. The first kappa shape index (κ1) is 13.6. The highest BCUT2D eigenvalue weighted by atomic mass is 19.4. The largest absolute Gasteiger partial charge is 0.416 e. The number of benzene rings is 2. The highest BCUT2D eigenvalue weighted by molar-refractivity contribution is 5.32. The van der Waals surface area contributed by atoms with Crippen LogP contribution in [-0.2, 0) is 12.6 Å². The topological polar surface area (TPSA) is 0 Å². The maximum atomic E-state index is 13.1. The molecule has 0 heterocycles. The van der Waals surface area contributed by atoms with Crippen molar-refractivity contribution in [3.63, 3.8) is 0 Å². The van der Waals surface area contributed by atoms with Crippen molar-refractivity contribution in [3.05, 3.63) is 70.5 Å². The summed E-state index contributed by atoms with van der Waals surface area (Å²) in [5.41, 5.74) is 1.51. The second-order valence-electron chi connectivity index (χ2n) is 4.45. The molecule has 0 radical (unpaired) electrons. The Balaban J connectivity index is 2.17. The maximum absolute atomic E-state index is 13.1. The summed E-state index contributed by atoms with van der Waals surface area (Å²) in [7, 11) is 0. The van der Waals surface area contributed by atoms with Gasteiger partial charge < -0.3 is 0 Å². The smallest absolute Gasteiger partial charge is 0.207 e. The zero-order valence-corrected chi connectivity index (χ0v) is 10.3. The molecule has 2 rings (SSSR count). The normalized spacial score (nSPS) is 11.6. The van der Waals surface area contributed by atoms with Gasteiger partial charge in [-0.25, -0.2) is 4.39 Å². The van der Waals surface area contributed by atoms with Gasteiger partial charge in [-0.1, -0.05) is 24.3 Å². The molecule has 0 saturated heterocycles. The van der Waals surface area contributed by atoms with Crippen molar-refractivity contribution in [3.8, 4) is 0 Å². The molecule has 0 aromatic heterocycles. The Morgan fingerprint density at radius 1 is 0.895 bits per heavy atom. The lowest BCUT2D eigenvalue weighted by Crippen LogP contribution is -2.04. The van der Waals surface area contributed by atoms with Gasteiger partial charge >= 0.3 is 6.18 Å². The molecule has 0 saturated carbocycles. The molecule has 0 bridgehead atoms. The highest BCUT2D eigenvalue weighted by Gasteiger charge is 2.29. The molecule has 0 aliphatic heterocycles. The third-order valence-corrected chi connectivity index (χ3v) is 2.91. The van der Waals surface area contributed by atoms with Gasteiger partial charge in [0, 0.05) is 0 Å². The van der Waals surface area contributed by atoms with E-state index in [0.29, 0.717) is 12.0 Å². The predicted molar refractivity (Wildman–Crippen MR) is 65.4 cm³/mol. The van der Waals surface area contributed by atoms with Gasteiger partial charge in [-0.2, -0.15) is 13.2 Å². The molecule has 100 valence electrons. The quantitative estimate of drug-likeness (QED) is 0.690. The Bertz CT molecular complexity index is 568. The summed E-state index contributed by atoms with van der Waals surface area (Å²) in [4.78, 5) is 0. The van der Waals surface area contributed by atoms with E-state index < -0.39 is 11.7 Å². The van der Waals surface area contributed by atoms with Gasteiger partial charge in [-0.15, -0.1) is 0 Å². The molecule has 4 heteroatoms. The number of hydrogen-bond donors (Lipinski definition) is 0. The lowest BCUT2D eigenvalue weighted by atomic mass is 10.0. The molecule has 0 unspecified atom stereocenters. The van der Waals surface area contributed by atoms with Gasteiger partial charge in [0.05, 0.1) is 5.56 Å². The van der Waals surface area contributed by atoms with E-state index >= 15 is 0 Å². The van der Waals surface area contributed by atoms with Crippen molar-refractivity contribution >= 4 is 0 Å². The van der Waals surface area contributed by atoms with Crippen LogP contribution in [-0.4, -0.2) is 0 Å². The van der Waals surface area contributed by atoms with Crippen molar-refractivity contribution in [1.29, 1.82) is 0 Å². The van der Waals surface area contributed by atoms with E-state index in [2.05, 4.69) is 0 Å². The third kappa shape index (κ3) is 3.34. The maximum Gasteiger partial charge on any atom is 0.416 e. The Labute approximate surface area is 108 Å². The standard InChI is InChI=1S/C15H12F4/c1-10-8-12(4-7-14(10)16)9-11-2-5-13(6-3-11)15(17,18)19/h2-8H,9H2,1H3. The zero-order valence-electron chi connectivity index (χ0n) is 10.3. The predicted octanol–water partition coefficient (Wildman–Crippen LogP) is 4.74. The average Bonchev–Trinajstić information content (AvgIpc) is 2.33. The molecule has 0 aliphatic carbocycles. The minimum Gasteiger partial charge on any atom is -0.207 e. The molecule has 0 spiro atoms. The van der Waals surface area contributed by atoms with E-state index in [1.807, 2.05) is 0 Å². The van der Waals surface area contributed by atoms with Gasteiger partial charge in [-0.3, -0.25) is 0 Å². The van der Waals surface area contributed by atoms with Crippen LogP contribution < -0.4 is 0 Å². The molecule has 0 N–H and O–H groups in total. The van der Waals surface area contributed by atoms with Crippen LogP contribution in [0.15, 0.2) is 42.5 Å². The zero-order chi connectivity index (χ0) is 14.0. The van der Waals surface area contributed by atoms with E-state index in [1.54, 1.807) is 19.1 Å². The average molecular weight is 268 g/mol. The van der Waals surface area contributed by atoms with E-state index in [9.17, 15) is 17.6 Å². The summed E-state index contributed by atoms with van der Waals surface area (Å²) in [6.45, 7) is 1.66. The van der Waals surface area contributed by atoms with E-state index in [1.165, 1.54) is 18.2 Å². The van der Waals surface area contributed by atoms with Crippen LogP contribution in [0.1, 0.15) is 22.3 Å². The van der Waals surface area contributed by atoms with Crippen molar-refractivity contribution in [2.24, 2.45) is 0 Å². The first-order valence-corrected chi connectivity index (χ1v) is 5.77. The molecule has 0 aliphatic rings. The Morgan fingerprint density at radius 2 is 1.47 bits per heavy atom. The van der Waals surface area contributed by atoms with Crippen molar-refractivity contribution in [1.82, 2.24) is 0 Å². The molecule has 19 heavy (non-hydrogen) atoms. The minimum absolute atomic E-state index is 0.281. The Morgan fingerprint density at radius 3 is 2.00 bits per heavy atom. The lowest BCUT2D eigenvalue weighted by Gasteiger charge is -2.08. The molecule has 2 aromatic carbocycles. The SMILES string of the molecule is Cc1cc(Cc2ccc(C(F)(F)F)cc2)ccc1F. The molecular weight excluding hydrogens is 256 g/mol. The van der Waals surface area contributed by atoms with Gasteiger partial charge in [0.1, 0.15) is 5.82 Å². The molecule has 0 atom stereocenters. The van der Waals surface area contributed by atoms with Crippen molar-refractivity contribution in [2.75, 3.05) is 0 Å². The van der Waals surface area contributed by atoms with Gasteiger partial charge in [0.25, 0.3) is 0 Å². The summed E-state index contributed by atoms with van der Waals surface area (Å²) in [5, 5.41) is 0. The second kappa shape index (κ2) is 5.03. The van der Waals surface area contributed by atoms with Crippen LogP contribution in [0.25, 0.3) is 0 Å². The summed E-state index contributed by atoms with van der Waals surface area (Å²) in [5.74, 6) is -0.281. The molecule has 2 aromatic rings. The number of aryl methyl sites for hydroxylation is 1. The summed E-state index contributed by atoms with van der Waals surface area (Å²) in [6.07, 6.45) is -3.83. The second-order valence-corrected chi connectivity index (χ2v) is 4.45. The number of rotatable bonds is 2. The molecule has 0 amide bonds. The van der Waals surface area contributed by atoms with Crippen molar-refractivity contribution < 1.29 is 17.6 Å². The molecule has 0 nitrogen and oxygen atoms in total. The van der Waals surface area contributed by atoms with Crippen LogP contribution in [0.3, 0.4) is 0 Å². The van der Waals surface area contributed by atoms with Crippen LogP contribution in [0.4, 0.5) is 17.6 Å². The van der Waals surface area contributed by atoms with Gasteiger partial charge in [0.15, 0.2) is 0 Å². The van der Waals surface area contributed by atoms with E-state index in [-0.39, 0.29) is 5.82 Å². The molecule has 0 fully saturated rings. The van der Waals surface area contributed by atoms with E-state index in [0.717, 1.165) is 23.3 Å². The summed E-state index contributed by atoms with van der Waals surface area (Å²) < 4.78 is 50.3.